The standard InChI is InChI=1S/C18H12Cl2FN5O2/c19-11-2-1-3-12(5-11)26-15(10-4-13(20)17(21)22-7-10)6-14(24-26)18(28)25-8-16(27)23-9-25/h1-7H,8-9H2,(H,23,27). The van der Waals surface area contributed by atoms with Crippen LogP contribution in [-0.4, -0.2) is 44.7 Å². The first-order valence-electron chi connectivity index (χ1n) is 8.16. The molecule has 0 saturated carbocycles. The fraction of sp³-hybridized carbons (Fsp3) is 0.111. The van der Waals surface area contributed by atoms with E-state index in [-0.39, 0.29) is 29.8 Å². The number of carbonyl (C=O) groups excluding carboxylic acids is 2. The van der Waals surface area contributed by atoms with Crippen LogP contribution in [0.3, 0.4) is 0 Å². The summed E-state index contributed by atoms with van der Waals surface area (Å²) in [5, 5.41) is 7.28. The fourth-order valence-corrected chi connectivity index (χ4v) is 3.18. The number of aromatic nitrogens is 3. The zero-order valence-corrected chi connectivity index (χ0v) is 15.7. The number of hydrogen-bond donors (Lipinski definition) is 1. The lowest BCUT2D eigenvalue weighted by Gasteiger charge is -2.10. The molecule has 1 aromatic carbocycles. The summed E-state index contributed by atoms with van der Waals surface area (Å²) in [7, 11) is 0. The molecule has 0 bridgehead atoms. The summed E-state index contributed by atoms with van der Waals surface area (Å²) < 4.78 is 15.0. The smallest absolute Gasteiger partial charge is 0.276 e. The minimum atomic E-state index is -0.794. The van der Waals surface area contributed by atoms with Gasteiger partial charge in [-0.25, -0.2) is 9.67 Å². The maximum atomic E-state index is 13.5. The molecule has 1 aliphatic rings. The van der Waals surface area contributed by atoms with E-state index in [2.05, 4.69) is 15.4 Å². The highest BCUT2D eigenvalue weighted by Gasteiger charge is 2.27. The maximum absolute atomic E-state index is 13.5. The van der Waals surface area contributed by atoms with E-state index in [9.17, 15) is 14.0 Å². The highest BCUT2D eigenvalue weighted by Crippen LogP contribution is 2.28. The summed E-state index contributed by atoms with van der Waals surface area (Å²) in [6, 6.07) is 9.82. The van der Waals surface area contributed by atoms with Crippen molar-refractivity contribution in [3.8, 4) is 16.9 Å². The number of halogens is 3. The molecule has 1 aliphatic heterocycles. The molecule has 0 aliphatic carbocycles. The average Bonchev–Trinajstić information content (AvgIpc) is 3.30. The van der Waals surface area contributed by atoms with Crippen LogP contribution in [0, 0.1) is 5.95 Å². The van der Waals surface area contributed by atoms with Crippen molar-refractivity contribution in [3.05, 3.63) is 64.3 Å². The van der Waals surface area contributed by atoms with Gasteiger partial charge in [0.15, 0.2) is 5.69 Å². The molecule has 1 saturated heterocycles. The van der Waals surface area contributed by atoms with Crippen LogP contribution in [-0.2, 0) is 4.79 Å². The molecule has 28 heavy (non-hydrogen) atoms. The van der Waals surface area contributed by atoms with E-state index in [1.807, 2.05) is 0 Å². The molecule has 1 N–H and O–H groups in total. The SMILES string of the molecule is O=C1CN(C(=O)c2cc(-c3cnc(F)c(Cl)c3)n(-c3cccc(Cl)c3)n2)CN1. The first-order valence-corrected chi connectivity index (χ1v) is 8.91. The van der Waals surface area contributed by atoms with E-state index in [1.165, 1.54) is 27.9 Å². The molecule has 4 rings (SSSR count). The molecule has 2 amide bonds. The van der Waals surface area contributed by atoms with Crippen LogP contribution in [0.25, 0.3) is 16.9 Å². The lowest BCUT2D eigenvalue weighted by atomic mass is 10.2. The van der Waals surface area contributed by atoms with Crippen molar-refractivity contribution in [1.82, 2.24) is 25.0 Å². The van der Waals surface area contributed by atoms with Gasteiger partial charge in [0.05, 0.1) is 23.1 Å². The lowest BCUT2D eigenvalue weighted by Crippen LogP contribution is -2.30. The van der Waals surface area contributed by atoms with Crippen molar-refractivity contribution in [3.63, 3.8) is 0 Å². The second-order valence-electron chi connectivity index (χ2n) is 6.06. The van der Waals surface area contributed by atoms with Crippen molar-refractivity contribution in [1.29, 1.82) is 0 Å². The van der Waals surface area contributed by atoms with Gasteiger partial charge < -0.3 is 10.2 Å². The summed E-state index contributed by atoms with van der Waals surface area (Å²) in [6.45, 7) is 0.0725. The highest BCUT2D eigenvalue weighted by molar-refractivity contribution is 6.31. The van der Waals surface area contributed by atoms with Gasteiger partial charge in [0.2, 0.25) is 11.9 Å². The van der Waals surface area contributed by atoms with Crippen LogP contribution in [0.5, 0.6) is 0 Å². The Morgan fingerprint density at radius 3 is 2.71 bits per heavy atom. The van der Waals surface area contributed by atoms with Crippen LogP contribution in [0.1, 0.15) is 10.5 Å². The normalized spacial score (nSPS) is 13.7. The van der Waals surface area contributed by atoms with Gasteiger partial charge in [-0.15, -0.1) is 0 Å². The third-order valence-corrected chi connectivity index (χ3v) is 4.66. The molecule has 3 aromatic rings. The van der Waals surface area contributed by atoms with Crippen LogP contribution >= 0.6 is 23.2 Å². The third-order valence-electron chi connectivity index (χ3n) is 4.16. The summed E-state index contributed by atoms with van der Waals surface area (Å²) in [6.07, 6.45) is 1.30. The van der Waals surface area contributed by atoms with Crippen LogP contribution in [0.15, 0.2) is 42.6 Å². The Kier molecular flexibility index (Phi) is 4.74. The number of carbonyl (C=O) groups is 2. The molecular formula is C18H12Cl2FN5O2. The summed E-state index contributed by atoms with van der Waals surface area (Å²) in [5.74, 6) is -1.45. The van der Waals surface area contributed by atoms with Gasteiger partial charge in [-0.05, 0) is 30.3 Å². The van der Waals surface area contributed by atoms with Crippen molar-refractivity contribution in [2.24, 2.45) is 0 Å². The Bertz CT molecular complexity index is 1100. The van der Waals surface area contributed by atoms with Gasteiger partial charge in [0, 0.05) is 16.8 Å². The first-order chi connectivity index (χ1) is 13.4. The van der Waals surface area contributed by atoms with Crippen molar-refractivity contribution in [2.75, 3.05) is 13.2 Å². The van der Waals surface area contributed by atoms with Crippen molar-refractivity contribution >= 4 is 35.0 Å². The molecule has 0 atom stereocenters. The van der Waals surface area contributed by atoms with Gasteiger partial charge in [-0.1, -0.05) is 29.3 Å². The Morgan fingerprint density at radius 1 is 1.21 bits per heavy atom. The van der Waals surface area contributed by atoms with Crippen LogP contribution < -0.4 is 5.32 Å². The Labute approximate surface area is 168 Å². The van der Waals surface area contributed by atoms with Crippen molar-refractivity contribution in [2.45, 2.75) is 0 Å². The molecule has 3 heterocycles. The number of benzene rings is 1. The van der Waals surface area contributed by atoms with Gasteiger partial charge in [-0.2, -0.15) is 9.49 Å². The molecule has 142 valence electrons. The molecular weight excluding hydrogens is 408 g/mol. The van der Waals surface area contributed by atoms with Crippen LogP contribution in [0.4, 0.5) is 4.39 Å². The Hall–Kier alpha value is -2.97. The van der Waals surface area contributed by atoms with Gasteiger partial charge >= 0.3 is 0 Å². The number of nitrogens with zero attached hydrogens (tertiary/aromatic N) is 4. The predicted octanol–water partition coefficient (Wildman–Crippen LogP) is 2.91. The topological polar surface area (TPSA) is 80.1 Å². The minimum Gasteiger partial charge on any atom is -0.337 e. The fourth-order valence-electron chi connectivity index (χ4n) is 2.83. The monoisotopic (exact) mass is 419 g/mol. The molecule has 1 fully saturated rings. The third kappa shape index (κ3) is 3.44. The Balaban J connectivity index is 1.83. The molecule has 0 unspecified atom stereocenters. The first kappa shape index (κ1) is 18.4. The quantitative estimate of drug-likeness (QED) is 0.661. The van der Waals surface area contributed by atoms with E-state index in [0.29, 0.717) is 22.0 Å². The number of amides is 2. The zero-order valence-electron chi connectivity index (χ0n) is 14.2. The van der Waals surface area contributed by atoms with E-state index >= 15 is 0 Å². The lowest BCUT2D eigenvalue weighted by molar-refractivity contribution is -0.118. The maximum Gasteiger partial charge on any atom is 0.276 e. The number of nitrogens with one attached hydrogen (secondary N) is 1. The van der Waals surface area contributed by atoms with Crippen molar-refractivity contribution < 1.29 is 14.0 Å². The molecule has 2 aromatic heterocycles. The second-order valence-corrected chi connectivity index (χ2v) is 6.91. The predicted molar refractivity (Wildman–Crippen MR) is 101 cm³/mol. The molecule has 0 spiro atoms. The van der Waals surface area contributed by atoms with Gasteiger partial charge in [0.1, 0.15) is 6.54 Å². The van der Waals surface area contributed by atoms with E-state index in [1.54, 1.807) is 24.3 Å². The minimum absolute atomic E-state index is 0.0396. The summed E-state index contributed by atoms with van der Waals surface area (Å²) in [5.41, 5.74) is 1.65. The van der Waals surface area contributed by atoms with E-state index in [4.69, 9.17) is 23.2 Å². The second kappa shape index (κ2) is 7.21. The summed E-state index contributed by atoms with van der Waals surface area (Å²) >= 11 is 12.0. The van der Waals surface area contributed by atoms with E-state index < -0.39 is 11.9 Å². The number of pyridine rings is 1. The molecule has 0 radical (unpaired) electrons. The largest absolute Gasteiger partial charge is 0.337 e. The van der Waals surface area contributed by atoms with Gasteiger partial charge in [0.25, 0.3) is 5.91 Å². The van der Waals surface area contributed by atoms with Crippen LogP contribution in [0.2, 0.25) is 10.0 Å². The number of hydrogen-bond acceptors (Lipinski definition) is 4. The zero-order chi connectivity index (χ0) is 19.8. The number of rotatable bonds is 3. The summed E-state index contributed by atoms with van der Waals surface area (Å²) in [4.78, 5) is 29.1. The van der Waals surface area contributed by atoms with E-state index in [0.717, 1.165) is 0 Å². The molecule has 10 heteroatoms. The Morgan fingerprint density at radius 2 is 2.04 bits per heavy atom. The highest BCUT2D eigenvalue weighted by atomic mass is 35.5. The average molecular weight is 420 g/mol. The van der Waals surface area contributed by atoms with Gasteiger partial charge in [-0.3, -0.25) is 9.59 Å². The molecule has 7 nitrogen and oxygen atoms in total.